The van der Waals surface area contributed by atoms with Crippen LogP contribution in [0.25, 0.3) is 11.1 Å². The normalized spacial score (nSPS) is 12.8. The van der Waals surface area contributed by atoms with E-state index in [0.717, 1.165) is 22.3 Å². The van der Waals surface area contributed by atoms with Crippen molar-refractivity contribution in [3.05, 3.63) is 93.0 Å². The van der Waals surface area contributed by atoms with Crippen LogP contribution >= 0.6 is 0 Å². The SMILES string of the molecule is COc1cc(C(C)NC(=O)OCC2c3ccccc3-c3ccccc32)c([N+](=O)[O-])cc1CCCC(=O)O. The van der Waals surface area contributed by atoms with Gasteiger partial charge in [-0.15, -0.1) is 0 Å². The number of hydrogen-bond acceptors (Lipinski definition) is 6. The molecule has 1 aliphatic rings. The predicted octanol–water partition coefficient (Wildman–Crippen LogP) is 5.61. The van der Waals surface area contributed by atoms with Crippen LogP contribution in [0.15, 0.2) is 60.7 Å². The third kappa shape index (κ3) is 5.55. The van der Waals surface area contributed by atoms with E-state index in [1.807, 2.05) is 48.5 Å². The first-order chi connectivity index (χ1) is 17.8. The maximum Gasteiger partial charge on any atom is 0.407 e. The second kappa shape index (κ2) is 11.1. The van der Waals surface area contributed by atoms with Crippen molar-refractivity contribution in [2.24, 2.45) is 0 Å². The lowest BCUT2D eigenvalue weighted by Gasteiger charge is -2.19. The minimum Gasteiger partial charge on any atom is -0.496 e. The average molecular weight is 505 g/mol. The molecular weight excluding hydrogens is 476 g/mol. The molecule has 0 aliphatic heterocycles. The van der Waals surface area contributed by atoms with Crippen molar-refractivity contribution < 1.29 is 29.1 Å². The van der Waals surface area contributed by atoms with Crippen LogP contribution in [-0.2, 0) is 16.0 Å². The Morgan fingerprint density at radius 3 is 2.27 bits per heavy atom. The monoisotopic (exact) mass is 504 g/mol. The van der Waals surface area contributed by atoms with E-state index in [1.165, 1.54) is 19.2 Å². The fourth-order valence-electron chi connectivity index (χ4n) is 4.84. The lowest BCUT2D eigenvalue weighted by atomic mass is 9.98. The Kier molecular flexibility index (Phi) is 7.71. The zero-order valence-electron chi connectivity index (χ0n) is 20.6. The van der Waals surface area contributed by atoms with Gasteiger partial charge in [-0.1, -0.05) is 48.5 Å². The maximum absolute atomic E-state index is 12.7. The van der Waals surface area contributed by atoms with Crippen molar-refractivity contribution in [1.82, 2.24) is 5.32 Å². The van der Waals surface area contributed by atoms with Gasteiger partial charge >= 0.3 is 12.1 Å². The molecule has 0 radical (unpaired) electrons. The molecule has 1 amide bonds. The van der Waals surface area contributed by atoms with E-state index in [0.29, 0.717) is 24.2 Å². The molecule has 2 N–H and O–H groups in total. The van der Waals surface area contributed by atoms with Gasteiger partial charge < -0.3 is 19.9 Å². The molecule has 0 bridgehead atoms. The number of alkyl carbamates (subject to hydrolysis) is 1. The van der Waals surface area contributed by atoms with Gasteiger partial charge in [0.25, 0.3) is 5.69 Å². The van der Waals surface area contributed by atoms with Gasteiger partial charge in [0, 0.05) is 24.0 Å². The summed E-state index contributed by atoms with van der Waals surface area (Å²) >= 11 is 0. The van der Waals surface area contributed by atoms with Gasteiger partial charge in [0.05, 0.1) is 23.6 Å². The number of nitro benzene ring substituents is 1. The van der Waals surface area contributed by atoms with Crippen LogP contribution in [0, 0.1) is 10.1 Å². The number of aryl methyl sites for hydroxylation is 1. The highest BCUT2D eigenvalue weighted by molar-refractivity contribution is 5.79. The van der Waals surface area contributed by atoms with E-state index in [4.69, 9.17) is 14.6 Å². The van der Waals surface area contributed by atoms with Crippen molar-refractivity contribution in [3.63, 3.8) is 0 Å². The van der Waals surface area contributed by atoms with E-state index < -0.39 is 23.0 Å². The first-order valence-electron chi connectivity index (χ1n) is 12.0. The minimum atomic E-state index is -0.939. The number of nitrogens with one attached hydrogen (secondary N) is 1. The predicted molar refractivity (Wildman–Crippen MR) is 137 cm³/mol. The summed E-state index contributed by atoms with van der Waals surface area (Å²) in [5.41, 5.74) is 5.02. The molecule has 4 rings (SSSR count). The molecule has 1 atom stereocenters. The Hall–Kier alpha value is -4.40. The third-order valence-electron chi connectivity index (χ3n) is 6.61. The molecule has 0 saturated carbocycles. The number of rotatable bonds is 10. The van der Waals surface area contributed by atoms with Crippen LogP contribution in [0.4, 0.5) is 10.5 Å². The second-order valence-electron chi connectivity index (χ2n) is 8.92. The first-order valence-corrected chi connectivity index (χ1v) is 12.0. The van der Waals surface area contributed by atoms with E-state index in [-0.39, 0.29) is 30.2 Å². The van der Waals surface area contributed by atoms with E-state index in [1.54, 1.807) is 6.92 Å². The molecule has 37 heavy (non-hydrogen) atoms. The summed E-state index contributed by atoms with van der Waals surface area (Å²) < 4.78 is 11.0. The van der Waals surface area contributed by atoms with E-state index in [2.05, 4.69) is 5.32 Å². The molecule has 0 spiro atoms. The summed E-state index contributed by atoms with van der Waals surface area (Å²) in [5, 5.41) is 23.4. The number of carbonyl (C=O) groups is 2. The van der Waals surface area contributed by atoms with Crippen LogP contribution in [0.2, 0.25) is 0 Å². The number of carboxylic acids is 1. The quantitative estimate of drug-likeness (QED) is 0.271. The number of aliphatic carboxylic acids is 1. The molecule has 3 aromatic carbocycles. The number of methoxy groups -OCH3 is 1. The fourth-order valence-corrected chi connectivity index (χ4v) is 4.84. The standard InChI is InChI=1S/C28H28N2O7/c1-17(23-15-26(36-2)18(8-7-13-27(31)32)14-25(23)30(34)35)29-28(33)37-16-24-21-11-5-3-9-19(21)20-10-4-6-12-22(20)24/h3-6,9-12,14-15,17,24H,7-8,13,16H2,1-2H3,(H,29,33)(H,31,32). The summed E-state index contributed by atoms with van der Waals surface area (Å²) in [6.45, 7) is 1.76. The highest BCUT2D eigenvalue weighted by Crippen LogP contribution is 2.44. The van der Waals surface area contributed by atoms with Gasteiger partial charge in [-0.05, 0) is 48.1 Å². The van der Waals surface area contributed by atoms with Crippen LogP contribution in [0.5, 0.6) is 5.75 Å². The number of ether oxygens (including phenoxy) is 2. The molecular formula is C28H28N2O7. The molecule has 9 nitrogen and oxygen atoms in total. The van der Waals surface area contributed by atoms with Crippen LogP contribution in [0.1, 0.15) is 54.0 Å². The van der Waals surface area contributed by atoms with Crippen molar-refractivity contribution in [2.75, 3.05) is 13.7 Å². The maximum atomic E-state index is 12.7. The van der Waals surface area contributed by atoms with Gasteiger partial charge in [-0.2, -0.15) is 0 Å². The Morgan fingerprint density at radius 1 is 1.08 bits per heavy atom. The summed E-state index contributed by atoms with van der Waals surface area (Å²) in [4.78, 5) is 34.8. The largest absolute Gasteiger partial charge is 0.496 e. The topological polar surface area (TPSA) is 128 Å². The summed E-state index contributed by atoms with van der Waals surface area (Å²) in [6, 6.07) is 18.2. The lowest BCUT2D eigenvalue weighted by molar-refractivity contribution is -0.385. The number of nitrogens with zero attached hydrogens (tertiary/aromatic N) is 1. The summed E-state index contributed by atoms with van der Waals surface area (Å²) in [5.74, 6) is -0.647. The third-order valence-corrected chi connectivity index (χ3v) is 6.61. The second-order valence-corrected chi connectivity index (χ2v) is 8.92. The smallest absolute Gasteiger partial charge is 0.407 e. The Bertz CT molecular complexity index is 1290. The van der Waals surface area contributed by atoms with Crippen LogP contribution in [-0.4, -0.2) is 35.8 Å². The number of carbonyl (C=O) groups excluding carboxylic acids is 1. The minimum absolute atomic E-state index is 0.0571. The number of amides is 1. The van der Waals surface area contributed by atoms with Gasteiger partial charge in [0.15, 0.2) is 0 Å². The average Bonchev–Trinajstić information content (AvgIpc) is 3.20. The zero-order valence-corrected chi connectivity index (χ0v) is 20.6. The van der Waals surface area contributed by atoms with Crippen LogP contribution in [0.3, 0.4) is 0 Å². The molecule has 192 valence electrons. The molecule has 0 aromatic heterocycles. The highest BCUT2D eigenvalue weighted by atomic mass is 16.6. The van der Waals surface area contributed by atoms with Gasteiger partial charge in [0.2, 0.25) is 0 Å². The Balaban J connectivity index is 1.47. The van der Waals surface area contributed by atoms with Gasteiger partial charge in [-0.25, -0.2) is 4.79 Å². The van der Waals surface area contributed by atoms with Crippen molar-refractivity contribution >= 4 is 17.7 Å². The molecule has 0 fully saturated rings. The van der Waals surface area contributed by atoms with Crippen molar-refractivity contribution in [1.29, 1.82) is 0 Å². The van der Waals surface area contributed by atoms with Gasteiger partial charge in [-0.3, -0.25) is 14.9 Å². The molecule has 3 aromatic rings. The number of carboxylic acid groups (broad SMARTS) is 1. The molecule has 0 saturated heterocycles. The summed E-state index contributed by atoms with van der Waals surface area (Å²) in [6.07, 6.45) is -0.118. The van der Waals surface area contributed by atoms with Crippen molar-refractivity contribution in [3.8, 4) is 16.9 Å². The zero-order chi connectivity index (χ0) is 26.5. The first kappa shape index (κ1) is 25.7. The van der Waals surface area contributed by atoms with Gasteiger partial charge in [0.1, 0.15) is 12.4 Å². The van der Waals surface area contributed by atoms with E-state index in [9.17, 15) is 19.7 Å². The highest BCUT2D eigenvalue weighted by Gasteiger charge is 2.30. The fraction of sp³-hybridized carbons (Fsp3) is 0.286. The molecule has 1 unspecified atom stereocenters. The Labute approximate surface area is 214 Å². The molecule has 9 heteroatoms. The summed E-state index contributed by atoms with van der Waals surface area (Å²) in [7, 11) is 1.44. The molecule has 0 heterocycles. The number of nitro groups is 1. The Morgan fingerprint density at radius 2 is 1.70 bits per heavy atom. The number of fused-ring (bicyclic) bond motifs is 3. The molecule has 1 aliphatic carbocycles. The number of hydrogen-bond donors (Lipinski definition) is 2. The van der Waals surface area contributed by atoms with Crippen molar-refractivity contribution in [2.45, 2.75) is 38.1 Å². The lowest BCUT2D eigenvalue weighted by Crippen LogP contribution is -2.29. The van der Waals surface area contributed by atoms with Crippen LogP contribution < -0.4 is 10.1 Å². The number of benzene rings is 3. The van der Waals surface area contributed by atoms with E-state index >= 15 is 0 Å².